The van der Waals surface area contributed by atoms with E-state index in [0.29, 0.717) is 6.04 Å². The van der Waals surface area contributed by atoms with Crippen LogP contribution >= 0.6 is 0 Å². The van der Waals surface area contributed by atoms with E-state index in [2.05, 4.69) is 50.1 Å². The Balaban J connectivity index is 2.03. The van der Waals surface area contributed by atoms with Gasteiger partial charge in [-0.3, -0.25) is 0 Å². The third-order valence-electron chi connectivity index (χ3n) is 4.32. The fraction of sp³-hybridized carbons (Fsp3) is 0.625. The normalized spacial score (nSPS) is 29.4. The van der Waals surface area contributed by atoms with E-state index in [-0.39, 0.29) is 0 Å². The molecule has 0 bridgehead atoms. The Bertz CT molecular complexity index is 387. The first kappa shape index (κ1) is 13.6. The van der Waals surface area contributed by atoms with E-state index in [1.165, 1.54) is 11.1 Å². The zero-order chi connectivity index (χ0) is 13.2. The van der Waals surface area contributed by atoms with Crippen LogP contribution in [0.25, 0.3) is 0 Å². The summed E-state index contributed by atoms with van der Waals surface area (Å²) >= 11 is 0. The Hall–Kier alpha value is -0.860. The van der Waals surface area contributed by atoms with Gasteiger partial charge in [0, 0.05) is 19.0 Å². The van der Waals surface area contributed by atoms with Crippen LogP contribution in [0.4, 0.5) is 0 Å². The third-order valence-corrected chi connectivity index (χ3v) is 4.32. The summed E-state index contributed by atoms with van der Waals surface area (Å²) in [7, 11) is 2.14. The minimum Gasteiger partial charge on any atom is -0.389 e. The van der Waals surface area contributed by atoms with Gasteiger partial charge < -0.3 is 10.0 Å². The predicted octanol–water partition coefficient (Wildman–Crippen LogP) is 2.64. The van der Waals surface area contributed by atoms with Crippen molar-refractivity contribution in [3.8, 4) is 0 Å². The Morgan fingerprint density at radius 3 is 2.44 bits per heavy atom. The molecule has 100 valence electrons. The van der Waals surface area contributed by atoms with Crippen LogP contribution in [0.15, 0.2) is 24.3 Å². The summed E-state index contributed by atoms with van der Waals surface area (Å²) in [6.07, 6.45) is 3.62. The van der Waals surface area contributed by atoms with Gasteiger partial charge in [-0.1, -0.05) is 31.2 Å². The number of likely N-dealkylation sites (tertiary alicyclic amines) is 1. The first-order valence-corrected chi connectivity index (χ1v) is 7.03. The van der Waals surface area contributed by atoms with E-state index in [1.54, 1.807) is 0 Å². The number of nitrogens with zero attached hydrogens (tertiary/aromatic N) is 1. The number of rotatable bonds is 3. The molecule has 1 aromatic rings. The van der Waals surface area contributed by atoms with Gasteiger partial charge in [-0.05, 0) is 44.4 Å². The highest BCUT2D eigenvalue weighted by Crippen LogP contribution is 2.29. The Morgan fingerprint density at radius 1 is 1.28 bits per heavy atom. The summed E-state index contributed by atoms with van der Waals surface area (Å²) in [4.78, 5) is 2.33. The molecule has 1 aromatic carbocycles. The highest BCUT2D eigenvalue weighted by Gasteiger charge is 2.34. The second-order valence-electron chi connectivity index (χ2n) is 5.85. The molecule has 0 aliphatic carbocycles. The van der Waals surface area contributed by atoms with Crippen molar-refractivity contribution < 1.29 is 5.11 Å². The lowest BCUT2D eigenvalue weighted by molar-refractivity contribution is -0.0353. The largest absolute Gasteiger partial charge is 0.389 e. The summed E-state index contributed by atoms with van der Waals surface area (Å²) in [5, 5.41) is 10.7. The topological polar surface area (TPSA) is 23.5 Å². The maximum Gasteiger partial charge on any atom is 0.0714 e. The van der Waals surface area contributed by atoms with Gasteiger partial charge >= 0.3 is 0 Å². The molecule has 1 aliphatic heterocycles. The second kappa shape index (κ2) is 5.41. The fourth-order valence-corrected chi connectivity index (χ4v) is 2.85. The van der Waals surface area contributed by atoms with Crippen molar-refractivity contribution in [1.82, 2.24) is 4.90 Å². The zero-order valence-corrected chi connectivity index (χ0v) is 11.8. The second-order valence-corrected chi connectivity index (χ2v) is 5.85. The van der Waals surface area contributed by atoms with Crippen LogP contribution in [0.3, 0.4) is 0 Å². The molecule has 0 saturated carbocycles. The maximum atomic E-state index is 10.7. The monoisotopic (exact) mass is 247 g/mol. The van der Waals surface area contributed by atoms with Crippen molar-refractivity contribution in [3.05, 3.63) is 35.4 Å². The molecular weight excluding hydrogens is 222 g/mol. The molecule has 0 radical (unpaired) electrons. The highest BCUT2D eigenvalue weighted by atomic mass is 16.3. The van der Waals surface area contributed by atoms with Crippen LogP contribution in [-0.4, -0.2) is 35.2 Å². The van der Waals surface area contributed by atoms with Crippen LogP contribution in [0.2, 0.25) is 0 Å². The average Bonchev–Trinajstić information content (AvgIpc) is 2.35. The van der Waals surface area contributed by atoms with Crippen LogP contribution in [0.1, 0.15) is 37.8 Å². The van der Waals surface area contributed by atoms with Crippen molar-refractivity contribution in [3.63, 3.8) is 0 Å². The molecule has 0 amide bonds. The molecule has 0 spiro atoms. The molecule has 2 nitrogen and oxygen atoms in total. The third kappa shape index (κ3) is 3.12. The minimum atomic E-state index is -0.514. The number of piperidine rings is 1. The van der Waals surface area contributed by atoms with Crippen molar-refractivity contribution in [1.29, 1.82) is 0 Å². The van der Waals surface area contributed by atoms with E-state index >= 15 is 0 Å². The zero-order valence-electron chi connectivity index (χ0n) is 11.8. The summed E-state index contributed by atoms with van der Waals surface area (Å²) in [5.74, 6) is 0. The van der Waals surface area contributed by atoms with Gasteiger partial charge in [-0.25, -0.2) is 0 Å². The average molecular weight is 247 g/mol. The molecule has 2 rings (SSSR count). The Kier molecular flexibility index (Phi) is 4.08. The summed E-state index contributed by atoms with van der Waals surface area (Å²) < 4.78 is 0. The van der Waals surface area contributed by atoms with Crippen molar-refractivity contribution in [2.45, 2.75) is 51.2 Å². The first-order chi connectivity index (χ1) is 8.52. The van der Waals surface area contributed by atoms with Gasteiger partial charge in [0.25, 0.3) is 0 Å². The van der Waals surface area contributed by atoms with Crippen LogP contribution < -0.4 is 0 Å². The lowest BCUT2D eigenvalue weighted by Crippen LogP contribution is -2.48. The van der Waals surface area contributed by atoms with Crippen molar-refractivity contribution in [2.24, 2.45) is 0 Å². The summed E-state index contributed by atoms with van der Waals surface area (Å²) in [5.41, 5.74) is 2.11. The lowest BCUT2D eigenvalue weighted by atomic mass is 9.82. The van der Waals surface area contributed by atoms with Crippen LogP contribution in [0.5, 0.6) is 0 Å². The molecule has 1 N–H and O–H groups in total. The number of aryl methyl sites for hydroxylation is 1. The fourth-order valence-electron chi connectivity index (χ4n) is 2.85. The van der Waals surface area contributed by atoms with E-state index in [1.807, 2.05) is 0 Å². The molecule has 1 saturated heterocycles. The van der Waals surface area contributed by atoms with Gasteiger partial charge in [0.1, 0.15) is 0 Å². The van der Waals surface area contributed by atoms with E-state index in [0.717, 1.165) is 32.2 Å². The molecule has 1 fully saturated rings. The molecule has 1 aliphatic rings. The Labute approximate surface area is 111 Å². The standard InChI is InChI=1S/C16H25NO/c1-4-14-5-7-15(8-6-14)12-16(18)9-10-17(3)13(2)11-16/h5-8,13,18H,4,9-12H2,1-3H3. The summed E-state index contributed by atoms with van der Waals surface area (Å²) in [6.45, 7) is 5.36. The minimum absolute atomic E-state index is 0.471. The van der Waals surface area contributed by atoms with E-state index in [9.17, 15) is 5.11 Å². The number of hydrogen-bond acceptors (Lipinski definition) is 2. The molecule has 0 aromatic heterocycles. The van der Waals surface area contributed by atoms with Crippen LogP contribution in [0, 0.1) is 0 Å². The number of aliphatic hydroxyl groups is 1. The molecule has 18 heavy (non-hydrogen) atoms. The first-order valence-electron chi connectivity index (χ1n) is 7.03. The summed E-state index contributed by atoms with van der Waals surface area (Å²) in [6, 6.07) is 9.16. The SMILES string of the molecule is CCc1ccc(CC2(O)CCN(C)C(C)C2)cc1. The molecular formula is C16H25NO. The van der Waals surface area contributed by atoms with Gasteiger partial charge in [0.15, 0.2) is 0 Å². The van der Waals surface area contributed by atoms with Crippen molar-refractivity contribution >= 4 is 0 Å². The molecule has 1 heterocycles. The van der Waals surface area contributed by atoms with Gasteiger partial charge in [0.05, 0.1) is 5.60 Å². The quantitative estimate of drug-likeness (QED) is 0.887. The van der Waals surface area contributed by atoms with Gasteiger partial charge in [0.2, 0.25) is 0 Å². The predicted molar refractivity (Wildman–Crippen MR) is 75.8 cm³/mol. The smallest absolute Gasteiger partial charge is 0.0714 e. The van der Waals surface area contributed by atoms with Gasteiger partial charge in [-0.15, -0.1) is 0 Å². The number of benzene rings is 1. The highest BCUT2D eigenvalue weighted by molar-refractivity contribution is 5.24. The number of hydrogen-bond donors (Lipinski definition) is 1. The van der Waals surface area contributed by atoms with Gasteiger partial charge in [-0.2, -0.15) is 0 Å². The molecule has 2 heteroatoms. The van der Waals surface area contributed by atoms with E-state index < -0.39 is 5.60 Å². The van der Waals surface area contributed by atoms with Crippen molar-refractivity contribution in [2.75, 3.05) is 13.6 Å². The van der Waals surface area contributed by atoms with E-state index in [4.69, 9.17) is 0 Å². The lowest BCUT2D eigenvalue weighted by Gasteiger charge is -2.41. The van der Waals surface area contributed by atoms with Crippen LogP contribution in [-0.2, 0) is 12.8 Å². The molecule has 2 unspecified atom stereocenters. The molecule has 2 atom stereocenters. The maximum absolute atomic E-state index is 10.7. The Morgan fingerprint density at radius 2 is 1.89 bits per heavy atom.